The van der Waals surface area contributed by atoms with Crippen molar-refractivity contribution in [3.8, 4) is 11.5 Å². The molecule has 144 valence electrons. The number of para-hydroxylation sites is 2. The van der Waals surface area contributed by atoms with E-state index in [1.54, 1.807) is 19.2 Å². The number of anilines is 3. The summed E-state index contributed by atoms with van der Waals surface area (Å²) in [4.78, 5) is 21.1. The van der Waals surface area contributed by atoms with Crippen LogP contribution in [0.1, 0.15) is 16.1 Å². The molecule has 2 N–H and O–H groups in total. The molecule has 1 aromatic heterocycles. The zero-order chi connectivity index (χ0) is 20.1. The minimum atomic E-state index is -0.398. The van der Waals surface area contributed by atoms with Crippen LogP contribution in [0, 0.1) is 6.92 Å². The molecule has 0 unspecified atom stereocenters. The number of nitrogens with one attached hydrogen (secondary N) is 2. The summed E-state index contributed by atoms with van der Waals surface area (Å²) in [5.74, 6) is 0.981. The Hall–Kier alpha value is -3.32. The van der Waals surface area contributed by atoms with Gasteiger partial charge in [-0.1, -0.05) is 23.7 Å². The Morgan fingerprint density at radius 2 is 1.79 bits per heavy atom. The SMILES string of the molecule is COc1cc(Cl)c(C)cc1NC(=O)c1ccnc(Nc2ccccc2OC)n1. The second-order valence-corrected chi connectivity index (χ2v) is 6.25. The average molecular weight is 399 g/mol. The molecule has 28 heavy (non-hydrogen) atoms. The predicted molar refractivity (Wildman–Crippen MR) is 109 cm³/mol. The Bertz CT molecular complexity index is 1010. The van der Waals surface area contributed by atoms with E-state index < -0.39 is 5.91 Å². The Morgan fingerprint density at radius 1 is 1.04 bits per heavy atom. The third-order valence-electron chi connectivity index (χ3n) is 3.97. The van der Waals surface area contributed by atoms with E-state index in [1.165, 1.54) is 19.4 Å². The van der Waals surface area contributed by atoms with Gasteiger partial charge in [-0.05, 0) is 36.8 Å². The maximum atomic E-state index is 12.7. The molecular weight excluding hydrogens is 380 g/mol. The molecule has 0 atom stereocenters. The molecule has 0 bridgehead atoms. The van der Waals surface area contributed by atoms with Crippen molar-refractivity contribution in [2.24, 2.45) is 0 Å². The van der Waals surface area contributed by atoms with E-state index in [0.717, 1.165) is 5.56 Å². The summed E-state index contributed by atoms with van der Waals surface area (Å²) in [7, 11) is 3.09. The van der Waals surface area contributed by atoms with Gasteiger partial charge in [-0.15, -0.1) is 0 Å². The first-order chi connectivity index (χ1) is 13.5. The standard InChI is InChI=1S/C20H19ClN4O3/c1-12-10-16(18(28-3)11-13(12)21)23-19(26)15-8-9-22-20(25-15)24-14-6-4-5-7-17(14)27-2/h4-11H,1-3H3,(H,23,26)(H,22,24,25). The highest BCUT2D eigenvalue weighted by molar-refractivity contribution is 6.31. The Morgan fingerprint density at radius 3 is 2.54 bits per heavy atom. The van der Waals surface area contributed by atoms with Gasteiger partial charge in [0, 0.05) is 17.3 Å². The van der Waals surface area contributed by atoms with Crippen LogP contribution in [0.4, 0.5) is 17.3 Å². The van der Waals surface area contributed by atoms with Crippen molar-refractivity contribution in [3.63, 3.8) is 0 Å². The number of hydrogen-bond donors (Lipinski definition) is 2. The van der Waals surface area contributed by atoms with Gasteiger partial charge in [-0.2, -0.15) is 0 Å². The third kappa shape index (κ3) is 4.32. The van der Waals surface area contributed by atoms with E-state index in [-0.39, 0.29) is 11.6 Å². The topological polar surface area (TPSA) is 85.4 Å². The number of benzene rings is 2. The number of nitrogens with zero attached hydrogens (tertiary/aromatic N) is 2. The Labute approximate surface area is 167 Å². The smallest absolute Gasteiger partial charge is 0.274 e. The summed E-state index contributed by atoms with van der Waals surface area (Å²) in [5, 5.41) is 6.40. The van der Waals surface area contributed by atoms with Gasteiger partial charge in [0.25, 0.3) is 5.91 Å². The van der Waals surface area contributed by atoms with Gasteiger partial charge in [0.05, 0.1) is 25.6 Å². The van der Waals surface area contributed by atoms with E-state index >= 15 is 0 Å². The Kier molecular flexibility index (Phi) is 5.96. The van der Waals surface area contributed by atoms with Crippen LogP contribution in [-0.2, 0) is 0 Å². The molecule has 2 aromatic carbocycles. The van der Waals surface area contributed by atoms with Gasteiger partial charge in [-0.25, -0.2) is 9.97 Å². The lowest BCUT2D eigenvalue weighted by Crippen LogP contribution is -2.15. The second kappa shape index (κ2) is 8.58. The lowest BCUT2D eigenvalue weighted by Gasteiger charge is -2.13. The summed E-state index contributed by atoms with van der Waals surface area (Å²) in [6.45, 7) is 1.84. The lowest BCUT2D eigenvalue weighted by atomic mass is 10.2. The highest BCUT2D eigenvalue weighted by Crippen LogP contribution is 2.31. The average Bonchev–Trinajstić information content (AvgIpc) is 2.71. The van der Waals surface area contributed by atoms with Crippen LogP contribution in [0.15, 0.2) is 48.7 Å². The summed E-state index contributed by atoms with van der Waals surface area (Å²) in [5.41, 5.74) is 2.21. The van der Waals surface area contributed by atoms with Crippen LogP contribution in [0.2, 0.25) is 5.02 Å². The number of amides is 1. The van der Waals surface area contributed by atoms with E-state index in [2.05, 4.69) is 20.6 Å². The van der Waals surface area contributed by atoms with Gasteiger partial charge in [0.1, 0.15) is 17.2 Å². The van der Waals surface area contributed by atoms with Crippen molar-refractivity contribution in [1.29, 1.82) is 0 Å². The second-order valence-electron chi connectivity index (χ2n) is 5.85. The van der Waals surface area contributed by atoms with Crippen LogP contribution in [0.5, 0.6) is 11.5 Å². The first-order valence-electron chi connectivity index (χ1n) is 8.40. The van der Waals surface area contributed by atoms with Crippen molar-refractivity contribution in [2.75, 3.05) is 24.9 Å². The predicted octanol–water partition coefficient (Wildman–Crippen LogP) is 4.45. The summed E-state index contributed by atoms with van der Waals surface area (Å²) >= 11 is 6.11. The zero-order valence-corrected chi connectivity index (χ0v) is 16.4. The molecular formula is C20H19ClN4O3. The molecule has 7 nitrogen and oxygen atoms in total. The molecule has 3 aromatic rings. The molecule has 1 heterocycles. The molecule has 0 saturated carbocycles. The number of rotatable bonds is 6. The van der Waals surface area contributed by atoms with Crippen molar-refractivity contribution in [1.82, 2.24) is 9.97 Å². The third-order valence-corrected chi connectivity index (χ3v) is 4.38. The number of halogens is 1. The fourth-order valence-corrected chi connectivity index (χ4v) is 2.68. The number of methoxy groups -OCH3 is 2. The Balaban J connectivity index is 1.82. The summed E-state index contributed by atoms with van der Waals surface area (Å²) in [6.07, 6.45) is 1.50. The molecule has 1 amide bonds. The van der Waals surface area contributed by atoms with Crippen LogP contribution < -0.4 is 20.1 Å². The highest BCUT2D eigenvalue weighted by Gasteiger charge is 2.14. The summed E-state index contributed by atoms with van der Waals surface area (Å²) < 4.78 is 10.6. The number of ether oxygens (including phenoxy) is 2. The minimum absolute atomic E-state index is 0.196. The molecule has 8 heteroatoms. The molecule has 0 saturated heterocycles. The largest absolute Gasteiger partial charge is 0.495 e. The molecule has 3 rings (SSSR count). The highest BCUT2D eigenvalue weighted by atomic mass is 35.5. The lowest BCUT2D eigenvalue weighted by molar-refractivity contribution is 0.102. The number of carbonyl (C=O) groups is 1. The molecule has 0 aliphatic heterocycles. The summed E-state index contributed by atoms with van der Waals surface area (Å²) in [6, 6.07) is 12.3. The van der Waals surface area contributed by atoms with E-state index in [0.29, 0.717) is 27.9 Å². The molecule has 0 aliphatic rings. The van der Waals surface area contributed by atoms with Crippen molar-refractivity contribution >= 4 is 34.8 Å². The van der Waals surface area contributed by atoms with Gasteiger partial charge < -0.3 is 20.1 Å². The minimum Gasteiger partial charge on any atom is -0.495 e. The number of aromatic nitrogens is 2. The molecule has 0 aliphatic carbocycles. The van der Waals surface area contributed by atoms with E-state index in [1.807, 2.05) is 31.2 Å². The molecule has 0 spiro atoms. The monoisotopic (exact) mass is 398 g/mol. The van der Waals surface area contributed by atoms with Gasteiger partial charge >= 0.3 is 0 Å². The van der Waals surface area contributed by atoms with Crippen molar-refractivity contribution in [2.45, 2.75) is 6.92 Å². The molecule has 0 fully saturated rings. The van der Waals surface area contributed by atoms with Crippen LogP contribution in [0.3, 0.4) is 0 Å². The van der Waals surface area contributed by atoms with E-state index in [4.69, 9.17) is 21.1 Å². The first kappa shape index (κ1) is 19.4. The number of hydrogen-bond acceptors (Lipinski definition) is 6. The maximum Gasteiger partial charge on any atom is 0.274 e. The van der Waals surface area contributed by atoms with Crippen LogP contribution in [-0.4, -0.2) is 30.1 Å². The maximum absolute atomic E-state index is 12.7. The normalized spacial score (nSPS) is 10.3. The zero-order valence-electron chi connectivity index (χ0n) is 15.6. The van der Waals surface area contributed by atoms with Crippen LogP contribution in [0.25, 0.3) is 0 Å². The molecule has 0 radical (unpaired) electrons. The van der Waals surface area contributed by atoms with Crippen molar-refractivity contribution in [3.05, 3.63) is 64.9 Å². The van der Waals surface area contributed by atoms with Gasteiger partial charge in [-0.3, -0.25) is 4.79 Å². The fraction of sp³-hybridized carbons (Fsp3) is 0.150. The number of carbonyl (C=O) groups excluding carboxylic acids is 1. The van der Waals surface area contributed by atoms with Gasteiger partial charge in [0.15, 0.2) is 0 Å². The fourth-order valence-electron chi connectivity index (χ4n) is 2.53. The van der Waals surface area contributed by atoms with Crippen molar-refractivity contribution < 1.29 is 14.3 Å². The first-order valence-corrected chi connectivity index (χ1v) is 8.78. The number of aryl methyl sites for hydroxylation is 1. The quantitative estimate of drug-likeness (QED) is 0.638. The van der Waals surface area contributed by atoms with Gasteiger partial charge in [0.2, 0.25) is 5.95 Å². The van der Waals surface area contributed by atoms with Crippen LogP contribution >= 0.6 is 11.6 Å². The van der Waals surface area contributed by atoms with E-state index in [9.17, 15) is 4.79 Å².